The average Bonchev–Trinajstić information content (AvgIpc) is 2.37. The monoisotopic (exact) mass is 246 g/mol. The molecule has 0 amide bonds. The van der Waals surface area contributed by atoms with Crippen LogP contribution in [0.15, 0.2) is 24.5 Å². The zero-order chi connectivity index (χ0) is 13.0. The van der Waals surface area contributed by atoms with E-state index in [0.29, 0.717) is 0 Å². The average molecular weight is 246 g/mol. The molecule has 0 unspecified atom stereocenters. The number of anilines is 1. The lowest BCUT2D eigenvalue weighted by atomic mass is 10.1. The van der Waals surface area contributed by atoms with Crippen LogP contribution in [0.1, 0.15) is 32.9 Å². The maximum absolute atomic E-state index is 4.49. The number of hydrogen-bond donors (Lipinski definition) is 1. The van der Waals surface area contributed by atoms with Crippen molar-refractivity contribution in [2.45, 2.75) is 39.3 Å². The van der Waals surface area contributed by atoms with Crippen LogP contribution in [0.4, 0.5) is 5.82 Å². The van der Waals surface area contributed by atoms with Crippen molar-refractivity contribution in [1.29, 1.82) is 0 Å². The van der Waals surface area contributed by atoms with Gasteiger partial charge >= 0.3 is 0 Å². The molecule has 2 rings (SSSR count). The van der Waals surface area contributed by atoms with Crippen LogP contribution in [0.3, 0.4) is 0 Å². The van der Waals surface area contributed by atoms with Gasteiger partial charge in [-0.2, -0.15) is 0 Å². The maximum atomic E-state index is 4.49. The molecule has 0 aromatic carbocycles. The van der Waals surface area contributed by atoms with Crippen molar-refractivity contribution in [3.05, 3.63) is 30.2 Å². The highest BCUT2D eigenvalue weighted by Gasteiger charge is 2.11. The van der Waals surface area contributed by atoms with Crippen LogP contribution in [0.5, 0.6) is 0 Å². The van der Waals surface area contributed by atoms with E-state index in [1.165, 1.54) is 0 Å². The second-order valence-electron chi connectivity index (χ2n) is 5.68. The van der Waals surface area contributed by atoms with Crippen molar-refractivity contribution in [3.8, 4) is 0 Å². The first-order chi connectivity index (χ1) is 8.54. The van der Waals surface area contributed by atoms with Crippen LogP contribution in [0.2, 0.25) is 0 Å². The normalized spacial score (nSPS) is 16.1. The zero-order valence-corrected chi connectivity index (χ0v) is 11.5. The van der Waals surface area contributed by atoms with Crippen LogP contribution < -0.4 is 10.2 Å². The highest BCUT2D eigenvalue weighted by atomic mass is 15.2. The molecule has 18 heavy (non-hydrogen) atoms. The minimum Gasteiger partial charge on any atom is -0.351 e. The van der Waals surface area contributed by atoms with E-state index < -0.39 is 0 Å². The fourth-order valence-electron chi connectivity index (χ4n) is 1.81. The molecule has 0 spiro atoms. The fraction of sp³-hybridized carbons (Fsp3) is 0.571. The number of hydrogen-bond acceptors (Lipinski definition) is 4. The molecular formula is C14H22N4. The summed E-state index contributed by atoms with van der Waals surface area (Å²) in [7, 11) is 0. The first kappa shape index (κ1) is 13.0. The molecule has 1 aliphatic rings. The van der Waals surface area contributed by atoms with Gasteiger partial charge in [0.15, 0.2) is 0 Å². The summed E-state index contributed by atoms with van der Waals surface area (Å²) in [4.78, 5) is 11.2. The summed E-state index contributed by atoms with van der Waals surface area (Å²) in [5, 5.41) is 3.41. The Bertz CT molecular complexity index is 403. The van der Waals surface area contributed by atoms with Crippen molar-refractivity contribution < 1.29 is 0 Å². The molecular weight excluding hydrogens is 224 g/mol. The third kappa shape index (κ3) is 3.81. The molecule has 0 aliphatic carbocycles. The van der Waals surface area contributed by atoms with Gasteiger partial charge in [-0.25, -0.2) is 4.98 Å². The predicted molar refractivity (Wildman–Crippen MR) is 74.6 cm³/mol. The van der Waals surface area contributed by atoms with Crippen molar-refractivity contribution in [3.63, 3.8) is 0 Å². The lowest BCUT2D eigenvalue weighted by Crippen LogP contribution is -2.35. The Morgan fingerprint density at radius 1 is 1.22 bits per heavy atom. The molecule has 0 saturated carbocycles. The third-order valence-electron chi connectivity index (χ3n) is 2.87. The number of nitrogens with zero attached hydrogens (tertiary/aromatic N) is 3. The maximum Gasteiger partial charge on any atom is 0.147 e. The molecule has 1 aliphatic heterocycles. The summed E-state index contributed by atoms with van der Waals surface area (Å²) in [6.45, 7) is 9.17. The molecule has 0 radical (unpaired) electrons. The first-order valence-electron chi connectivity index (χ1n) is 6.50. The van der Waals surface area contributed by atoms with E-state index in [9.17, 15) is 0 Å². The zero-order valence-electron chi connectivity index (χ0n) is 11.5. The van der Waals surface area contributed by atoms with Crippen LogP contribution in [0.25, 0.3) is 0 Å². The summed E-state index contributed by atoms with van der Waals surface area (Å²) < 4.78 is 0. The summed E-state index contributed by atoms with van der Waals surface area (Å²) >= 11 is 0. The SMILES string of the molecule is CC(C)(C)NCc1cnc(N2CC=CCC2)cn1. The standard InChI is InChI=1S/C14H22N4/c1-14(2,3)17-10-12-9-16-13(11-15-12)18-7-5-4-6-8-18/h4-5,9,11,17H,6-8,10H2,1-3H3. The Kier molecular flexibility index (Phi) is 3.97. The lowest BCUT2D eigenvalue weighted by molar-refractivity contribution is 0.421. The van der Waals surface area contributed by atoms with E-state index in [1.807, 2.05) is 12.4 Å². The summed E-state index contributed by atoms with van der Waals surface area (Å²) in [5.41, 5.74) is 1.10. The van der Waals surface area contributed by atoms with E-state index in [1.54, 1.807) is 0 Å². The molecule has 0 fully saturated rings. The lowest BCUT2D eigenvalue weighted by Gasteiger charge is -2.24. The van der Waals surface area contributed by atoms with Gasteiger partial charge in [0.05, 0.1) is 18.1 Å². The van der Waals surface area contributed by atoms with Crippen molar-refractivity contribution in [2.24, 2.45) is 0 Å². The molecule has 2 heterocycles. The minimum atomic E-state index is 0.109. The van der Waals surface area contributed by atoms with E-state index >= 15 is 0 Å². The highest BCUT2D eigenvalue weighted by Crippen LogP contribution is 2.12. The molecule has 0 saturated heterocycles. The van der Waals surface area contributed by atoms with Crippen LogP contribution in [-0.4, -0.2) is 28.6 Å². The fourth-order valence-corrected chi connectivity index (χ4v) is 1.81. The van der Waals surface area contributed by atoms with Gasteiger partial charge in [0.2, 0.25) is 0 Å². The van der Waals surface area contributed by atoms with Crippen molar-refractivity contribution in [2.75, 3.05) is 18.0 Å². The summed E-state index contributed by atoms with van der Waals surface area (Å²) in [6.07, 6.45) is 9.23. The van der Waals surface area contributed by atoms with Gasteiger partial charge in [-0.1, -0.05) is 12.2 Å². The second-order valence-corrected chi connectivity index (χ2v) is 5.68. The van der Waals surface area contributed by atoms with Crippen LogP contribution in [-0.2, 0) is 6.54 Å². The number of aromatic nitrogens is 2. The van der Waals surface area contributed by atoms with Crippen LogP contribution >= 0.6 is 0 Å². The topological polar surface area (TPSA) is 41.1 Å². The van der Waals surface area contributed by atoms with Crippen molar-refractivity contribution in [1.82, 2.24) is 15.3 Å². The molecule has 0 bridgehead atoms. The van der Waals surface area contributed by atoms with Gasteiger partial charge in [0.1, 0.15) is 5.82 Å². The Morgan fingerprint density at radius 2 is 2.06 bits per heavy atom. The van der Waals surface area contributed by atoms with Gasteiger partial charge in [-0.3, -0.25) is 4.98 Å². The molecule has 4 heteroatoms. The first-order valence-corrected chi connectivity index (χ1v) is 6.50. The van der Waals surface area contributed by atoms with Gasteiger partial charge in [0.25, 0.3) is 0 Å². The largest absolute Gasteiger partial charge is 0.351 e. The molecule has 1 N–H and O–H groups in total. The van der Waals surface area contributed by atoms with E-state index in [0.717, 1.165) is 37.6 Å². The van der Waals surface area contributed by atoms with Crippen LogP contribution in [0, 0.1) is 0 Å². The molecule has 0 atom stereocenters. The van der Waals surface area contributed by atoms with E-state index in [4.69, 9.17) is 0 Å². The van der Waals surface area contributed by atoms with E-state index in [2.05, 4.69) is 53.1 Å². The molecule has 1 aromatic heterocycles. The Balaban J connectivity index is 1.95. The Hall–Kier alpha value is -1.42. The molecule has 4 nitrogen and oxygen atoms in total. The molecule has 1 aromatic rings. The van der Waals surface area contributed by atoms with Gasteiger partial charge < -0.3 is 10.2 Å². The quantitative estimate of drug-likeness (QED) is 0.830. The van der Waals surface area contributed by atoms with Crippen molar-refractivity contribution >= 4 is 5.82 Å². The van der Waals surface area contributed by atoms with E-state index in [-0.39, 0.29) is 5.54 Å². The van der Waals surface area contributed by atoms with Gasteiger partial charge in [0, 0.05) is 25.2 Å². The Morgan fingerprint density at radius 3 is 2.61 bits per heavy atom. The second kappa shape index (κ2) is 5.48. The summed E-state index contributed by atoms with van der Waals surface area (Å²) in [5.74, 6) is 0.971. The highest BCUT2D eigenvalue weighted by molar-refractivity contribution is 5.37. The molecule has 98 valence electrons. The summed E-state index contributed by atoms with van der Waals surface area (Å²) in [6, 6.07) is 0. The third-order valence-corrected chi connectivity index (χ3v) is 2.87. The number of nitrogens with one attached hydrogen (secondary N) is 1. The Labute approximate surface area is 109 Å². The minimum absolute atomic E-state index is 0.109. The smallest absolute Gasteiger partial charge is 0.147 e. The predicted octanol–water partition coefficient (Wildman–Crippen LogP) is 2.13. The van der Waals surface area contributed by atoms with Gasteiger partial charge in [-0.05, 0) is 27.2 Å². The number of rotatable bonds is 3. The van der Waals surface area contributed by atoms with Gasteiger partial charge in [-0.15, -0.1) is 0 Å².